The summed E-state index contributed by atoms with van der Waals surface area (Å²) in [5.41, 5.74) is 4.23. The van der Waals surface area contributed by atoms with Crippen LogP contribution in [0, 0.1) is 0 Å². The Kier molecular flexibility index (Phi) is 5.37. The van der Waals surface area contributed by atoms with E-state index in [0.29, 0.717) is 5.02 Å². The number of hydrogen-bond acceptors (Lipinski definition) is 4. The van der Waals surface area contributed by atoms with Crippen LogP contribution in [0.3, 0.4) is 0 Å². The van der Waals surface area contributed by atoms with Gasteiger partial charge in [0.15, 0.2) is 9.84 Å². The smallest absolute Gasteiger partial charge is 0.175 e. The van der Waals surface area contributed by atoms with Gasteiger partial charge in [-0.05, 0) is 54.6 Å². The fourth-order valence-corrected chi connectivity index (χ4v) is 3.92. The van der Waals surface area contributed by atoms with Gasteiger partial charge in [0.05, 0.1) is 29.1 Å². The van der Waals surface area contributed by atoms with E-state index in [9.17, 15) is 8.42 Å². The minimum Gasteiger partial charge on any atom is -0.497 e. The van der Waals surface area contributed by atoms with Crippen molar-refractivity contribution in [1.82, 2.24) is 9.78 Å². The van der Waals surface area contributed by atoms with Crippen LogP contribution in [0.15, 0.2) is 83.8 Å². The molecule has 0 aliphatic carbocycles. The predicted molar refractivity (Wildman–Crippen MR) is 119 cm³/mol. The van der Waals surface area contributed by atoms with Gasteiger partial charge in [0.2, 0.25) is 0 Å². The molecule has 152 valence electrons. The first kappa shape index (κ1) is 20.2. The molecule has 0 amide bonds. The van der Waals surface area contributed by atoms with Gasteiger partial charge in [0.1, 0.15) is 5.75 Å². The first-order chi connectivity index (χ1) is 14.3. The van der Waals surface area contributed by atoms with E-state index in [1.165, 1.54) is 6.26 Å². The number of benzene rings is 3. The van der Waals surface area contributed by atoms with E-state index in [0.717, 1.165) is 34.0 Å². The molecular weight excluding hydrogens is 420 g/mol. The second-order valence-corrected chi connectivity index (χ2v) is 9.28. The lowest BCUT2D eigenvalue weighted by Gasteiger charge is -2.09. The number of nitrogens with zero attached hydrogens (tertiary/aromatic N) is 2. The molecule has 4 aromatic rings. The summed E-state index contributed by atoms with van der Waals surface area (Å²) in [7, 11) is -1.65. The second-order valence-electron chi connectivity index (χ2n) is 6.83. The zero-order chi connectivity index (χ0) is 21.3. The maximum atomic E-state index is 11.8. The Labute approximate surface area is 180 Å². The predicted octanol–water partition coefficient (Wildman–Crippen LogP) is 5.27. The largest absolute Gasteiger partial charge is 0.497 e. The third-order valence-electron chi connectivity index (χ3n) is 4.72. The van der Waals surface area contributed by atoms with Crippen LogP contribution < -0.4 is 4.74 Å². The number of rotatable bonds is 5. The lowest BCUT2D eigenvalue weighted by atomic mass is 10.1. The number of hydrogen-bond donors (Lipinski definition) is 0. The molecule has 0 aliphatic heterocycles. The Morgan fingerprint density at radius 3 is 2.23 bits per heavy atom. The Hall–Kier alpha value is -3.09. The number of methoxy groups -OCH3 is 1. The Morgan fingerprint density at radius 1 is 0.900 bits per heavy atom. The molecule has 0 N–H and O–H groups in total. The van der Waals surface area contributed by atoms with E-state index < -0.39 is 9.84 Å². The number of sulfone groups is 1. The van der Waals surface area contributed by atoms with Gasteiger partial charge >= 0.3 is 0 Å². The Bertz CT molecular complexity index is 1300. The van der Waals surface area contributed by atoms with E-state index >= 15 is 0 Å². The molecule has 1 heterocycles. The zero-order valence-corrected chi connectivity index (χ0v) is 18.0. The fourth-order valence-electron chi connectivity index (χ4n) is 3.16. The number of ether oxygens (including phenoxy) is 1. The van der Waals surface area contributed by atoms with Crippen molar-refractivity contribution in [3.63, 3.8) is 0 Å². The maximum Gasteiger partial charge on any atom is 0.175 e. The average Bonchev–Trinajstić information content (AvgIpc) is 3.19. The van der Waals surface area contributed by atoms with Crippen molar-refractivity contribution in [2.45, 2.75) is 4.90 Å². The highest BCUT2D eigenvalue weighted by Crippen LogP contribution is 2.31. The molecule has 5 nitrogen and oxygen atoms in total. The molecule has 0 bridgehead atoms. The average molecular weight is 439 g/mol. The summed E-state index contributed by atoms with van der Waals surface area (Å²) < 4.78 is 30.8. The van der Waals surface area contributed by atoms with Gasteiger partial charge in [-0.3, -0.25) is 0 Å². The van der Waals surface area contributed by atoms with E-state index in [4.69, 9.17) is 21.4 Å². The molecule has 0 saturated carbocycles. The fraction of sp³-hybridized carbons (Fsp3) is 0.0870. The number of aromatic nitrogens is 2. The molecule has 0 aliphatic rings. The molecular formula is C23H19ClN2O3S. The minimum atomic E-state index is -3.27. The topological polar surface area (TPSA) is 61.2 Å². The van der Waals surface area contributed by atoms with E-state index in [-0.39, 0.29) is 4.90 Å². The Balaban J connectivity index is 1.88. The molecule has 0 unspecified atom stereocenters. The monoisotopic (exact) mass is 438 g/mol. The van der Waals surface area contributed by atoms with Gasteiger partial charge in [-0.25, -0.2) is 13.1 Å². The van der Waals surface area contributed by atoms with Crippen LogP contribution in [0.5, 0.6) is 5.75 Å². The molecule has 0 atom stereocenters. The van der Waals surface area contributed by atoms with Crippen molar-refractivity contribution in [3.05, 3.63) is 83.9 Å². The van der Waals surface area contributed by atoms with Crippen molar-refractivity contribution >= 4 is 21.4 Å². The van der Waals surface area contributed by atoms with Gasteiger partial charge in [-0.15, -0.1) is 0 Å². The highest BCUT2D eigenvalue weighted by atomic mass is 35.5. The molecule has 0 spiro atoms. The SMILES string of the molecule is COc1cccc(-c2cc(-c3ccc(Cl)cc3)nn2-c2ccc(S(C)(=O)=O)cc2)c1. The van der Waals surface area contributed by atoms with Crippen LogP contribution in [-0.4, -0.2) is 31.6 Å². The number of halogens is 1. The van der Waals surface area contributed by atoms with Crippen LogP contribution >= 0.6 is 11.6 Å². The summed E-state index contributed by atoms with van der Waals surface area (Å²) in [6.45, 7) is 0. The third kappa shape index (κ3) is 4.10. The van der Waals surface area contributed by atoms with E-state index in [1.807, 2.05) is 54.6 Å². The molecule has 7 heteroatoms. The first-order valence-electron chi connectivity index (χ1n) is 9.16. The van der Waals surface area contributed by atoms with Gasteiger partial charge in [0, 0.05) is 22.4 Å². The van der Waals surface area contributed by atoms with Crippen molar-refractivity contribution in [2.24, 2.45) is 0 Å². The summed E-state index contributed by atoms with van der Waals surface area (Å²) in [6, 6.07) is 23.8. The zero-order valence-electron chi connectivity index (χ0n) is 16.4. The molecule has 0 fully saturated rings. The molecule has 30 heavy (non-hydrogen) atoms. The third-order valence-corrected chi connectivity index (χ3v) is 6.10. The van der Waals surface area contributed by atoms with Crippen LogP contribution in [0.4, 0.5) is 0 Å². The molecule has 3 aromatic carbocycles. The summed E-state index contributed by atoms with van der Waals surface area (Å²) >= 11 is 6.02. The molecule has 0 radical (unpaired) electrons. The van der Waals surface area contributed by atoms with Crippen molar-refractivity contribution < 1.29 is 13.2 Å². The van der Waals surface area contributed by atoms with Crippen molar-refractivity contribution in [1.29, 1.82) is 0 Å². The van der Waals surface area contributed by atoms with E-state index in [1.54, 1.807) is 36.1 Å². The van der Waals surface area contributed by atoms with Gasteiger partial charge in [0.25, 0.3) is 0 Å². The lowest BCUT2D eigenvalue weighted by Crippen LogP contribution is -2.01. The molecule has 4 rings (SSSR count). The van der Waals surface area contributed by atoms with Crippen LogP contribution in [0.2, 0.25) is 5.02 Å². The standard InChI is InChI=1S/C23H19ClN2O3S/c1-29-20-5-3-4-17(14-20)23-15-22(16-6-8-18(24)9-7-16)25-26(23)19-10-12-21(13-11-19)30(2,27)28/h3-15H,1-2H3. The summed E-state index contributed by atoms with van der Waals surface area (Å²) in [5, 5.41) is 5.44. The second kappa shape index (κ2) is 7.97. The normalized spacial score (nSPS) is 11.4. The van der Waals surface area contributed by atoms with Crippen molar-refractivity contribution in [3.8, 4) is 34.0 Å². The van der Waals surface area contributed by atoms with Gasteiger partial charge in [-0.2, -0.15) is 5.10 Å². The highest BCUT2D eigenvalue weighted by molar-refractivity contribution is 7.90. The summed E-state index contributed by atoms with van der Waals surface area (Å²) in [4.78, 5) is 0.263. The maximum absolute atomic E-state index is 11.8. The molecule has 0 saturated heterocycles. The van der Waals surface area contributed by atoms with Crippen LogP contribution in [-0.2, 0) is 9.84 Å². The summed E-state index contributed by atoms with van der Waals surface area (Å²) in [6.07, 6.45) is 1.19. The highest BCUT2D eigenvalue weighted by Gasteiger charge is 2.15. The first-order valence-corrected chi connectivity index (χ1v) is 11.4. The quantitative estimate of drug-likeness (QED) is 0.425. The van der Waals surface area contributed by atoms with Gasteiger partial charge in [-0.1, -0.05) is 35.9 Å². The van der Waals surface area contributed by atoms with Gasteiger partial charge < -0.3 is 4.74 Å². The van der Waals surface area contributed by atoms with Crippen LogP contribution in [0.1, 0.15) is 0 Å². The van der Waals surface area contributed by atoms with Crippen LogP contribution in [0.25, 0.3) is 28.2 Å². The lowest BCUT2D eigenvalue weighted by molar-refractivity contribution is 0.415. The summed E-state index contributed by atoms with van der Waals surface area (Å²) in [5.74, 6) is 0.737. The Morgan fingerprint density at radius 2 is 1.60 bits per heavy atom. The minimum absolute atomic E-state index is 0.263. The van der Waals surface area contributed by atoms with E-state index in [2.05, 4.69) is 0 Å². The van der Waals surface area contributed by atoms with Crippen molar-refractivity contribution in [2.75, 3.05) is 13.4 Å². The molecule has 1 aromatic heterocycles.